The number of amides is 1. The van der Waals surface area contributed by atoms with Gasteiger partial charge in [-0.05, 0) is 74.8 Å². The van der Waals surface area contributed by atoms with Crippen molar-refractivity contribution < 1.29 is 14.3 Å². The maximum atomic E-state index is 13.7. The third-order valence-electron chi connectivity index (χ3n) is 6.90. The highest BCUT2D eigenvalue weighted by molar-refractivity contribution is 5.97. The third-order valence-corrected chi connectivity index (χ3v) is 6.90. The van der Waals surface area contributed by atoms with Crippen molar-refractivity contribution in [3.05, 3.63) is 89.9 Å². The van der Waals surface area contributed by atoms with E-state index >= 15 is 0 Å². The van der Waals surface area contributed by atoms with Crippen LogP contribution in [0.1, 0.15) is 48.2 Å². The average Bonchev–Trinajstić information content (AvgIpc) is 3.43. The predicted molar refractivity (Wildman–Crippen MR) is 137 cm³/mol. The Labute approximate surface area is 206 Å². The number of methoxy groups -OCH3 is 1. The number of aromatic nitrogens is 2. The number of hydrogen-bond acceptors (Lipinski definition) is 5. The van der Waals surface area contributed by atoms with Crippen LogP contribution in [0.5, 0.6) is 0 Å². The van der Waals surface area contributed by atoms with Crippen LogP contribution in [-0.2, 0) is 9.53 Å². The molecule has 1 amide bonds. The molecule has 1 saturated heterocycles. The molecule has 4 rings (SSSR count). The number of esters is 1. The minimum Gasteiger partial charge on any atom is -0.466 e. The fourth-order valence-corrected chi connectivity index (χ4v) is 4.95. The number of benzene rings is 1. The van der Waals surface area contributed by atoms with Crippen LogP contribution in [0.25, 0.3) is 5.69 Å². The molecule has 35 heavy (non-hydrogen) atoms. The largest absolute Gasteiger partial charge is 0.466 e. The van der Waals surface area contributed by atoms with E-state index in [0.29, 0.717) is 24.2 Å². The van der Waals surface area contributed by atoms with E-state index < -0.39 is 0 Å². The van der Waals surface area contributed by atoms with Crippen LogP contribution in [0.15, 0.2) is 78.7 Å². The molecular weight excluding hydrogens is 440 g/mol. The quantitative estimate of drug-likeness (QED) is 0.380. The van der Waals surface area contributed by atoms with Crippen molar-refractivity contribution >= 4 is 17.6 Å². The summed E-state index contributed by atoms with van der Waals surface area (Å²) in [5.74, 6) is -0.350. The number of nitrogens with zero attached hydrogens (tertiary/aromatic N) is 3. The van der Waals surface area contributed by atoms with Gasteiger partial charge in [0.2, 0.25) is 0 Å². The Balaban J connectivity index is 1.62. The second-order valence-electron chi connectivity index (χ2n) is 9.18. The summed E-state index contributed by atoms with van der Waals surface area (Å²) in [6.07, 6.45) is 15.3. The zero-order valence-corrected chi connectivity index (χ0v) is 20.4. The number of carbonyl (C=O) groups excluding carboxylic acids is 2. The zero-order chi connectivity index (χ0) is 25.0. The van der Waals surface area contributed by atoms with E-state index in [1.165, 1.54) is 7.11 Å². The molecule has 0 saturated carbocycles. The Morgan fingerprint density at radius 2 is 1.97 bits per heavy atom. The molecule has 2 aromatic rings. The molecule has 1 aromatic heterocycles. The van der Waals surface area contributed by atoms with Gasteiger partial charge in [-0.15, -0.1) is 0 Å². The van der Waals surface area contributed by atoms with Gasteiger partial charge in [-0.3, -0.25) is 4.79 Å². The van der Waals surface area contributed by atoms with E-state index in [-0.39, 0.29) is 17.3 Å². The SMILES string of the molecule is C=C/C=C\C=C1/CCC2(C=C(C(=O)OC)CC2)CCN1C(=O)c1ccc(-n2ccc(C)n2)c(N)c1. The molecule has 182 valence electrons. The van der Waals surface area contributed by atoms with E-state index in [1.54, 1.807) is 22.9 Å². The maximum absolute atomic E-state index is 13.7. The van der Waals surface area contributed by atoms with Gasteiger partial charge in [-0.2, -0.15) is 5.10 Å². The number of carbonyl (C=O) groups is 2. The van der Waals surface area contributed by atoms with Crippen molar-refractivity contribution in [3.63, 3.8) is 0 Å². The normalized spacial score (nSPS) is 21.4. The highest BCUT2D eigenvalue weighted by atomic mass is 16.5. The highest BCUT2D eigenvalue weighted by Crippen LogP contribution is 2.46. The van der Waals surface area contributed by atoms with Gasteiger partial charge in [0.05, 0.1) is 24.2 Å². The zero-order valence-electron chi connectivity index (χ0n) is 20.4. The van der Waals surface area contributed by atoms with Crippen LogP contribution in [0.2, 0.25) is 0 Å². The molecule has 1 fully saturated rings. The lowest BCUT2D eigenvalue weighted by molar-refractivity contribution is -0.136. The van der Waals surface area contributed by atoms with Gasteiger partial charge < -0.3 is 15.4 Å². The number of aryl methyl sites for hydroxylation is 1. The molecule has 2 heterocycles. The summed E-state index contributed by atoms with van der Waals surface area (Å²) >= 11 is 0. The van der Waals surface area contributed by atoms with E-state index in [9.17, 15) is 9.59 Å². The number of hydrogen-bond donors (Lipinski definition) is 1. The molecule has 1 unspecified atom stereocenters. The number of nitrogens with two attached hydrogens (primary N) is 1. The van der Waals surface area contributed by atoms with Gasteiger partial charge in [0, 0.05) is 29.6 Å². The van der Waals surface area contributed by atoms with Gasteiger partial charge in [-0.25, -0.2) is 9.48 Å². The van der Waals surface area contributed by atoms with Gasteiger partial charge in [-0.1, -0.05) is 30.9 Å². The number of nitrogen functional groups attached to an aromatic ring is 1. The number of allylic oxidation sites excluding steroid dienone is 6. The summed E-state index contributed by atoms with van der Waals surface area (Å²) in [6.45, 7) is 6.20. The lowest BCUT2D eigenvalue weighted by Gasteiger charge is -2.26. The molecule has 1 aliphatic carbocycles. The van der Waals surface area contributed by atoms with E-state index in [4.69, 9.17) is 10.5 Å². The fraction of sp³-hybridized carbons (Fsp3) is 0.321. The number of likely N-dealkylation sites (tertiary alicyclic amines) is 1. The first-order chi connectivity index (χ1) is 16.9. The van der Waals surface area contributed by atoms with E-state index in [0.717, 1.165) is 48.3 Å². The molecule has 7 heteroatoms. The third kappa shape index (κ3) is 5.14. The van der Waals surface area contributed by atoms with Gasteiger partial charge in [0.1, 0.15) is 0 Å². The Hall–Kier alpha value is -3.87. The Bertz CT molecular complexity index is 1240. The second kappa shape index (κ2) is 10.2. The molecule has 2 aliphatic rings. The molecule has 1 aliphatic heterocycles. The maximum Gasteiger partial charge on any atom is 0.333 e. The van der Waals surface area contributed by atoms with Crippen molar-refractivity contribution in [2.24, 2.45) is 5.41 Å². The first-order valence-corrected chi connectivity index (χ1v) is 11.9. The van der Waals surface area contributed by atoms with E-state index in [2.05, 4.69) is 17.8 Å². The second-order valence-corrected chi connectivity index (χ2v) is 9.18. The van der Waals surface area contributed by atoms with Crippen molar-refractivity contribution in [1.82, 2.24) is 14.7 Å². The van der Waals surface area contributed by atoms with Crippen LogP contribution in [0.4, 0.5) is 5.69 Å². The summed E-state index contributed by atoms with van der Waals surface area (Å²) in [5.41, 5.74) is 10.5. The van der Waals surface area contributed by atoms with Crippen molar-refractivity contribution in [2.75, 3.05) is 19.4 Å². The molecule has 1 atom stereocenters. The van der Waals surface area contributed by atoms with Crippen LogP contribution in [0, 0.1) is 12.3 Å². The summed E-state index contributed by atoms with van der Waals surface area (Å²) in [6, 6.07) is 7.26. The topological polar surface area (TPSA) is 90.5 Å². The monoisotopic (exact) mass is 472 g/mol. The van der Waals surface area contributed by atoms with E-state index in [1.807, 2.05) is 48.4 Å². The van der Waals surface area contributed by atoms with Crippen LogP contribution < -0.4 is 5.73 Å². The smallest absolute Gasteiger partial charge is 0.333 e. The molecule has 1 spiro atoms. The Morgan fingerprint density at radius 1 is 1.17 bits per heavy atom. The van der Waals surface area contributed by atoms with Crippen molar-refractivity contribution in [3.8, 4) is 5.69 Å². The van der Waals surface area contributed by atoms with Gasteiger partial charge in [0.15, 0.2) is 0 Å². The minimum atomic E-state index is -0.258. The van der Waals surface area contributed by atoms with Crippen molar-refractivity contribution in [2.45, 2.75) is 39.0 Å². The molecule has 0 radical (unpaired) electrons. The number of anilines is 1. The first-order valence-electron chi connectivity index (χ1n) is 11.9. The van der Waals surface area contributed by atoms with Crippen LogP contribution in [0.3, 0.4) is 0 Å². The summed E-state index contributed by atoms with van der Waals surface area (Å²) in [4.78, 5) is 27.6. The molecule has 2 N–H and O–H groups in total. The molecule has 7 nitrogen and oxygen atoms in total. The summed E-state index contributed by atoms with van der Waals surface area (Å²) < 4.78 is 6.65. The van der Waals surface area contributed by atoms with Gasteiger partial charge >= 0.3 is 5.97 Å². The van der Waals surface area contributed by atoms with Crippen molar-refractivity contribution in [1.29, 1.82) is 0 Å². The van der Waals surface area contributed by atoms with Gasteiger partial charge in [0.25, 0.3) is 5.91 Å². The first kappa shape index (κ1) is 24.3. The molecule has 0 bridgehead atoms. The molecule has 1 aromatic carbocycles. The Kier molecular flexibility index (Phi) is 7.05. The fourth-order valence-electron chi connectivity index (χ4n) is 4.95. The number of ether oxygens (including phenoxy) is 1. The predicted octanol–water partition coefficient (Wildman–Crippen LogP) is 4.89. The molecular formula is C28H32N4O3. The Morgan fingerprint density at radius 3 is 2.66 bits per heavy atom. The standard InChI is InChI=1S/C28H32N4O3/c1-4-5-6-7-23-11-14-28(13-10-22(19-28)27(34)35-3)15-17-31(23)26(33)21-8-9-25(24(29)18-21)32-16-12-20(2)30-32/h4-9,12,16,18-19H,1,10-11,13-15,17,29H2,2-3H3/b6-5-,23-7+. The summed E-state index contributed by atoms with van der Waals surface area (Å²) in [7, 11) is 1.42. The van der Waals surface area contributed by atoms with Crippen LogP contribution >= 0.6 is 0 Å². The minimum absolute atomic E-state index is 0.0923. The highest BCUT2D eigenvalue weighted by Gasteiger charge is 2.38. The lowest BCUT2D eigenvalue weighted by atomic mass is 9.80. The summed E-state index contributed by atoms with van der Waals surface area (Å²) in [5, 5.41) is 4.42. The van der Waals surface area contributed by atoms with Crippen LogP contribution in [-0.4, -0.2) is 40.2 Å². The lowest BCUT2D eigenvalue weighted by Crippen LogP contribution is -2.31. The average molecular weight is 473 g/mol. The number of rotatable bonds is 5.